The molecule has 0 rings (SSSR count). The van der Waals surface area contributed by atoms with E-state index in [-0.39, 0.29) is 18.6 Å². The van der Waals surface area contributed by atoms with Gasteiger partial charge < -0.3 is 0 Å². The van der Waals surface area contributed by atoms with Crippen molar-refractivity contribution < 1.29 is 27.5 Å². The molecule has 14 heavy (non-hydrogen) atoms. The van der Waals surface area contributed by atoms with Crippen molar-refractivity contribution in [1.29, 1.82) is 0 Å². The van der Waals surface area contributed by atoms with Gasteiger partial charge in [0.25, 0.3) is 10.1 Å². The molecule has 0 aliphatic rings. The molecule has 0 saturated carbocycles. The van der Waals surface area contributed by atoms with Crippen LogP contribution in [-0.4, -0.2) is 31.3 Å². The van der Waals surface area contributed by atoms with Crippen LogP contribution in [0.25, 0.3) is 0 Å². The van der Waals surface area contributed by atoms with Crippen molar-refractivity contribution in [3.05, 3.63) is 12.2 Å². The normalized spacial score (nSPS) is 11.0. The molecule has 0 saturated heterocycles. The van der Waals surface area contributed by atoms with Crippen LogP contribution >= 0.6 is 0 Å². The van der Waals surface area contributed by atoms with E-state index in [9.17, 15) is 13.2 Å². The third-order valence-electron chi connectivity index (χ3n) is 1.11. The van der Waals surface area contributed by atoms with Crippen LogP contribution in [0.2, 0.25) is 0 Å². The maximum absolute atomic E-state index is 10.7. The molecule has 0 bridgehead atoms. The molecule has 0 aromatic carbocycles. The highest BCUT2D eigenvalue weighted by atomic mass is 32.2. The zero-order chi connectivity index (χ0) is 11.2. The standard InChI is InChI=1S/C7H12O6S/c1-6(2)7(8)13-12-4-3-5-14(9,10)11/h1,3-5H2,2H3,(H,9,10,11). The van der Waals surface area contributed by atoms with Crippen molar-refractivity contribution in [3.8, 4) is 0 Å². The average molecular weight is 224 g/mol. The van der Waals surface area contributed by atoms with Crippen molar-refractivity contribution in [2.75, 3.05) is 12.4 Å². The Balaban J connectivity index is 3.49. The van der Waals surface area contributed by atoms with E-state index in [4.69, 9.17) is 4.55 Å². The Labute approximate surface area is 82.2 Å². The van der Waals surface area contributed by atoms with Crippen LogP contribution < -0.4 is 0 Å². The van der Waals surface area contributed by atoms with E-state index in [0.29, 0.717) is 0 Å². The Morgan fingerprint density at radius 1 is 1.50 bits per heavy atom. The summed E-state index contributed by atoms with van der Waals surface area (Å²) in [5.41, 5.74) is 0.180. The maximum atomic E-state index is 10.7. The number of hydrogen-bond donors (Lipinski definition) is 1. The second-order valence-corrected chi connectivity index (χ2v) is 4.18. The summed E-state index contributed by atoms with van der Waals surface area (Å²) in [7, 11) is -3.98. The minimum atomic E-state index is -3.98. The van der Waals surface area contributed by atoms with Crippen LogP contribution in [0.3, 0.4) is 0 Å². The highest BCUT2D eigenvalue weighted by Crippen LogP contribution is 1.95. The Kier molecular flexibility index (Phi) is 5.36. The van der Waals surface area contributed by atoms with E-state index in [0.717, 1.165) is 0 Å². The third kappa shape index (κ3) is 7.71. The van der Waals surface area contributed by atoms with Gasteiger partial charge in [0.2, 0.25) is 0 Å². The van der Waals surface area contributed by atoms with Gasteiger partial charge in [-0.25, -0.2) is 4.79 Å². The molecule has 0 aromatic heterocycles. The SMILES string of the molecule is C=C(C)C(=O)OOCCCS(=O)(=O)O. The minimum absolute atomic E-state index is 0.0440. The molecule has 0 amide bonds. The van der Waals surface area contributed by atoms with Crippen molar-refractivity contribution in [3.63, 3.8) is 0 Å². The summed E-state index contributed by atoms with van der Waals surface area (Å²) >= 11 is 0. The predicted octanol–water partition coefficient (Wildman–Crippen LogP) is 0.315. The third-order valence-corrected chi connectivity index (χ3v) is 1.92. The Morgan fingerprint density at radius 2 is 2.07 bits per heavy atom. The Bertz CT molecular complexity index is 304. The van der Waals surface area contributed by atoms with E-state index in [1.54, 1.807) is 0 Å². The summed E-state index contributed by atoms with van der Waals surface area (Å²) in [5, 5.41) is 0. The van der Waals surface area contributed by atoms with Crippen molar-refractivity contribution >= 4 is 16.1 Å². The van der Waals surface area contributed by atoms with Crippen LogP contribution in [0.5, 0.6) is 0 Å². The second-order valence-electron chi connectivity index (χ2n) is 2.61. The van der Waals surface area contributed by atoms with E-state index in [1.165, 1.54) is 6.92 Å². The van der Waals surface area contributed by atoms with Gasteiger partial charge >= 0.3 is 5.97 Å². The summed E-state index contributed by atoms with van der Waals surface area (Å²) in [6.07, 6.45) is 0.0440. The van der Waals surface area contributed by atoms with Gasteiger partial charge in [0.1, 0.15) is 0 Å². The van der Waals surface area contributed by atoms with Gasteiger partial charge in [-0.05, 0) is 13.3 Å². The van der Waals surface area contributed by atoms with Gasteiger partial charge in [0.05, 0.1) is 12.4 Å². The summed E-state index contributed by atoms with van der Waals surface area (Å²) in [6.45, 7) is 4.65. The molecule has 0 fully saturated rings. The van der Waals surface area contributed by atoms with E-state index >= 15 is 0 Å². The molecule has 7 heteroatoms. The molecular formula is C7H12O6S. The first-order chi connectivity index (χ1) is 6.33. The molecule has 0 aliphatic carbocycles. The highest BCUT2D eigenvalue weighted by molar-refractivity contribution is 7.85. The fourth-order valence-electron chi connectivity index (χ4n) is 0.467. The topological polar surface area (TPSA) is 89.9 Å². The number of rotatable bonds is 6. The summed E-state index contributed by atoms with van der Waals surface area (Å²) in [5.74, 6) is -1.14. The van der Waals surface area contributed by atoms with Gasteiger partial charge in [-0.2, -0.15) is 13.3 Å². The number of hydrogen-bond acceptors (Lipinski definition) is 5. The fraction of sp³-hybridized carbons (Fsp3) is 0.571. The molecular weight excluding hydrogens is 212 g/mol. The molecule has 1 N–H and O–H groups in total. The second kappa shape index (κ2) is 5.74. The average Bonchev–Trinajstić information content (AvgIpc) is 2.01. The summed E-state index contributed by atoms with van der Waals surface area (Å²) < 4.78 is 28.7. The molecule has 0 radical (unpaired) electrons. The van der Waals surface area contributed by atoms with Gasteiger partial charge in [-0.3, -0.25) is 9.44 Å². The van der Waals surface area contributed by atoms with Crippen LogP contribution in [0.4, 0.5) is 0 Å². The monoisotopic (exact) mass is 224 g/mol. The minimum Gasteiger partial charge on any atom is -0.293 e. The van der Waals surface area contributed by atoms with Gasteiger partial charge in [-0.15, -0.1) is 0 Å². The lowest BCUT2D eigenvalue weighted by Gasteiger charge is -2.01. The molecule has 0 atom stereocenters. The Morgan fingerprint density at radius 3 is 2.50 bits per heavy atom. The first-order valence-electron chi connectivity index (χ1n) is 3.77. The van der Waals surface area contributed by atoms with Crippen LogP contribution in [-0.2, 0) is 24.7 Å². The maximum Gasteiger partial charge on any atom is 0.368 e. The largest absolute Gasteiger partial charge is 0.368 e. The molecule has 82 valence electrons. The summed E-state index contributed by atoms with van der Waals surface area (Å²) in [4.78, 5) is 19.3. The molecule has 0 aliphatic heterocycles. The first-order valence-corrected chi connectivity index (χ1v) is 5.38. The van der Waals surface area contributed by atoms with E-state index < -0.39 is 21.8 Å². The fourth-order valence-corrected chi connectivity index (χ4v) is 0.949. The zero-order valence-electron chi connectivity index (χ0n) is 7.73. The van der Waals surface area contributed by atoms with Crippen LogP contribution in [0, 0.1) is 0 Å². The van der Waals surface area contributed by atoms with Gasteiger partial charge in [-0.1, -0.05) is 6.58 Å². The van der Waals surface area contributed by atoms with Crippen molar-refractivity contribution in [1.82, 2.24) is 0 Å². The number of carbonyl (C=O) groups excluding carboxylic acids is 1. The van der Waals surface area contributed by atoms with Crippen molar-refractivity contribution in [2.45, 2.75) is 13.3 Å². The highest BCUT2D eigenvalue weighted by Gasteiger charge is 2.06. The first kappa shape index (κ1) is 13.1. The summed E-state index contributed by atoms with van der Waals surface area (Å²) in [6, 6.07) is 0. The molecule has 0 unspecified atom stereocenters. The van der Waals surface area contributed by atoms with E-state index in [2.05, 4.69) is 16.4 Å². The lowest BCUT2D eigenvalue weighted by molar-refractivity contribution is -0.268. The van der Waals surface area contributed by atoms with Gasteiger partial charge in [0.15, 0.2) is 0 Å². The zero-order valence-corrected chi connectivity index (χ0v) is 8.54. The van der Waals surface area contributed by atoms with Crippen LogP contribution in [0.15, 0.2) is 12.2 Å². The lowest BCUT2D eigenvalue weighted by Crippen LogP contribution is -2.10. The Hall–Kier alpha value is -0.920. The number of carbonyl (C=O) groups is 1. The lowest BCUT2D eigenvalue weighted by atomic mass is 10.4. The molecule has 6 nitrogen and oxygen atoms in total. The predicted molar refractivity (Wildman–Crippen MR) is 47.9 cm³/mol. The quantitative estimate of drug-likeness (QED) is 0.230. The molecule has 0 aromatic rings. The van der Waals surface area contributed by atoms with E-state index in [1.807, 2.05) is 0 Å². The molecule has 0 spiro atoms. The molecule has 0 heterocycles. The van der Waals surface area contributed by atoms with Crippen LogP contribution in [0.1, 0.15) is 13.3 Å². The van der Waals surface area contributed by atoms with Gasteiger partial charge in [0, 0.05) is 5.57 Å². The van der Waals surface area contributed by atoms with Crippen molar-refractivity contribution in [2.24, 2.45) is 0 Å². The smallest absolute Gasteiger partial charge is 0.293 e.